The Morgan fingerprint density at radius 1 is 1.32 bits per heavy atom. The number of rotatable bonds is 4. The molecule has 0 spiro atoms. The Labute approximate surface area is 129 Å². The number of aliphatic hydroxyl groups is 1. The van der Waals surface area contributed by atoms with E-state index in [0.717, 1.165) is 0 Å². The molecule has 8 heteroatoms. The number of hydrogen-bond acceptors (Lipinski definition) is 7. The van der Waals surface area contributed by atoms with Crippen LogP contribution in [0.2, 0.25) is 0 Å². The number of fused-ring (bicyclic) bond motifs is 1. The number of hydrogen-bond donors (Lipinski definition) is 2. The molecule has 0 unspecified atom stereocenters. The van der Waals surface area contributed by atoms with Crippen LogP contribution < -0.4 is 5.32 Å². The third kappa shape index (κ3) is 3.88. The Kier molecular flexibility index (Phi) is 4.93. The first-order valence-corrected chi connectivity index (χ1v) is 7.30. The Morgan fingerprint density at radius 3 is 2.50 bits per heavy atom. The molecule has 0 radical (unpaired) electrons. The minimum absolute atomic E-state index is 0.127. The highest BCUT2D eigenvalue weighted by Crippen LogP contribution is 2.34. The number of amides is 1. The molecular weight excluding hydrogens is 294 g/mol. The summed E-state index contributed by atoms with van der Waals surface area (Å²) in [6, 6.07) is -0.678. The Morgan fingerprint density at radius 2 is 1.95 bits per heavy atom. The number of nitrogens with one attached hydrogen (secondary N) is 1. The van der Waals surface area contributed by atoms with Crippen LogP contribution >= 0.6 is 0 Å². The van der Waals surface area contributed by atoms with E-state index in [-0.39, 0.29) is 18.9 Å². The van der Waals surface area contributed by atoms with Gasteiger partial charge >= 0.3 is 6.16 Å². The van der Waals surface area contributed by atoms with Gasteiger partial charge in [0, 0.05) is 20.0 Å². The molecule has 1 amide bonds. The van der Waals surface area contributed by atoms with E-state index in [0.29, 0.717) is 0 Å². The second-order valence-corrected chi connectivity index (χ2v) is 6.43. The van der Waals surface area contributed by atoms with Gasteiger partial charge in [-0.1, -0.05) is 0 Å². The maximum absolute atomic E-state index is 11.5. The van der Waals surface area contributed by atoms with Crippen LogP contribution in [0.4, 0.5) is 4.79 Å². The summed E-state index contributed by atoms with van der Waals surface area (Å²) in [7, 11) is 0. The first kappa shape index (κ1) is 17.0. The summed E-state index contributed by atoms with van der Waals surface area (Å²) in [4.78, 5) is 22.9. The molecule has 0 bridgehead atoms. The van der Waals surface area contributed by atoms with Crippen molar-refractivity contribution in [2.45, 2.75) is 70.4 Å². The average Bonchev–Trinajstić information content (AvgIpc) is 2.74. The predicted molar refractivity (Wildman–Crippen MR) is 73.9 cm³/mol. The van der Waals surface area contributed by atoms with Crippen molar-refractivity contribution < 1.29 is 33.6 Å². The minimum atomic E-state index is -0.812. The molecular formula is C14H23NO7. The SMILES string of the molecule is CC(=O)N[C@H]1[C@H](OC(C)(C)C)O[C@H](CCO)[C@@H]2OC(=O)O[C@H]12. The molecule has 0 aromatic rings. The molecule has 5 atom stereocenters. The molecule has 0 aromatic carbocycles. The second kappa shape index (κ2) is 6.39. The number of carbonyl (C=O) groups is 2. The lowest BCUT2D eigenvalue weighted by atomic mass is 9.94. The fourth-order valence-electron chi connectivity index (χ4n) is 2.63. The lowest BCUT2D eigenvalue weighted by Gasteiger charge is -2.43. The molecule has 2 saturated heterocycles. The standard InChI is InChI=1S/C14H23NO7/c1-7(17)15-9-11-10(20-13(18)21-11)8(5-6-16)19-12(9)22-14(2,3)4/h8-12,16H,5-6H2,1-4H3,(H,15,17)/t8-,9-,10+,11-,12+/m1/s1. The van der Waals surface area contributed by atoms with Gasteiger partial charge in [0.2, 0.25) is 5.91 Å². The van der Waals surface area contributed by atoms with E-state index in [2.05, 4.69) is 5.32 Å². The Bertz CT molecular complexity index is 433. The molecule has 0 saturated carbocycles. The van der Waals surface area contributed by atoms with E-state index >= 15 is 0 Å². The van der Waals surface area contributed by atoms with Gasteiger partial charge in [0.25, 0.3) is 0 Å². The van der Waals surface area contributed by atoms with Gasteiger partial charge in [-0.15, -0.1) is 0 Å². The summed E-state index contributed by atoms with van der Waals surface area (Å²) in [6.45, 7) is 6.79. The van der Waals surface area contributed by atoms with Crippen molar-refractivity contribution >= 4 is 12.1 Å². The van der Waals surface area contributed by atoms with Crippen LogP contribution in [0, 0.1) is 0 Å². The first-order chi connectivity index (χ1) is 10.2. The molecule has 126 valence electrons. The fourth-order valence-corrected chi connectivity index (χ4v) is 2.63. The van der Waals surface area contributed by atoms with Crippen LogP contribution in [0.5, 0.6) is 0 Å². The molecule has 2 fully saturated rings. The van der Waals surface area contributed by atoms with Gasteiger partial charge in [-0.05, 0) is 20.8 Å². The molecule has 8 nitrogen and oxygen atoms in total. The normalized spacial score (nSPS) is 34.6. The van der Waals surface area contributed by atoms with Crippen molar-refractivity contribution in [3.8, 4) is 0 Å². The largest absolute Gasteiger partial charge is 0.509 e. The summed E-state index contributed by atoms with van der Waals surface area (Å²) in [5.41, 5.74) is -0.526. The van der Waals surface area contributed by atoms with Crippen molar-refractivity contribution in [3.63, 3.8) is 0 Å². The summed E-state index contributed by atoms with van der Waals surface area (Å²) in [5, 5.41) is 11.9. The van der Waals surface area contributed by atoms with Crippen LogP contribution in [-0.2, 0) is 23.7 Å². The third-order valence-electron chi connectivity index (χ3n) is 3.36. The van der Waals surface area contributed by atoms with Crippen molar-refractivity contribution in [1.82, 2.24) is 5.32 Å². The number of ether oxygens (including phenoxy) is 4. The monoisotopic (exact) mass is 317 g/mol. The zero-order chi connectivity index (χ0) is 16.5. The third-order valence-corrected chi connectivity index (χ3v) is 3.36. The fraction of sp³-hybridized carbons (Fsp3) is 0.857. The van der Waals surface area contributed by atoms with Crippen LogP contribution in [-0.4, -0.2) is 60.0 Å². The quantitative estimate of drug-likeness (QED) is 0.720. The first-order valence-electron chi connectivity index (χ1n) is 7.30. The van der Waals surface area contributed by atoms with Gasteiger partial charge in [0.05, 0.1) is 5.60 Å². The molecule has 2 heterocycles. The van der Waals surface area contributed by atoms with E-state index < -0.39 is 42.4 Å². The molecule has 22 heavy (non-hydrogen) atoms. The van der Waals surface area contributed by atoms with Gasteiger partial charge in [0.15, 0.2) is 18.5 Å². The highest BCUT2D eigenvalue weighted by molar-refractivity contribution is 5.73. The zero-order valence-electron chi connectivity index (χ0n) is 13.2. The summed E-state index contributed by atoms with van der Waals surface area (Å²) < 4.78 is 22.0. The van der Waals surface area contributed by atoms with Crippen LogP contribution in [0.15, 0.2) is 0 Å². The summed E-state index contributed by atoms with van der Waals surface area (Å²) >= 11 is 0. The lowest BCUT2D eigenvalue weighted by molar-refractivity contribution is -0.274. The van der Waals surface area contributed by atoms with E-state index in [9.17, 15) is 9.59 Å². The van der Waals surface area contributed by atoms with Crippen molar-refractivity contribution in [2.24, 2.45) is 0 Å². The number of carbonyl (C=O) groups excluding carboxylic acids is 2. The van der Waals surface area contributed by atoms with Crippen LogP contribution in [0.25, 0.3) is 0 Å². The minimum Gasteiger partial charge on any atom is -0.424 e. The molecule has 2 aliphatic rings. The Hall–Kier alpha value is -1.38. The van der Waals surface area contributed by atoms with Gasteiger partial charge in [0.1, 0.15) is 12.1 Å². The Balaban J connectivity index is 2.25. The van der Waals surface area contributed by atoms with Crippen molar-refractivity contribution in [2.75, 3.05) is 6.61 Å². The van der Waals surface area contributed by atoms with E-state index in [1.807, 2.05) is 20.8 Å². The smallest absolute Gasteiger partial charge is 0.424 e. The highest BCUT2D eigenvalue weighted by Gasteiger charge is 2.55. The van der Waals surface area contributed by atoms with Crippen LogP contribution in [0.1, 0.15) is 34.1 Å². The van der Waals surface area contributed by atoms with Gasteiger partial charge in [-0.2, -0.15) is 0 Å². The highest BCUT2D eigenvalue weighted by atomic mass is 16.8. The van der Waals surface area contributed by atoms with Crippen LogP contribution in [0.3, 0.4) is 0 Å². The van der Waals surface area contributed by atoms with E-state index in [1.54, 1.807) is 0 Å². The maximum Gasteiger partial charge on any atom is 0.509 e. The predicted octanol–water partition coefficient (Wildman–Crippen LogP) is 0.318. The van der Waals surface area contributed by atoms with Gasteiger partial charge in [-0.25, -0.2) is 4.79 Å². The van der Waals surface area contributed by atoms with E-state index in [1.165, 1.54) is 6.92 Å². The van der Waals surface area contributed by atoms with Crippen molar-refractivity contribution in [3.05, 3.63) is 0 Å². The topological polar surface area (TPSA) is 103 Å². The van der Waals surface area contributed by atoms with Crippen molar-refractivity contribution in [1.29, 1.82) is 0 Å². The van der Waals surface area contributed by atoms with E-state index in [4.69, 9.17) is 24.1 Å². The zero-order valence-corrected chi connectivity index (χ0v) is 13.2. The van der Waals surface area contributed by atoms with Gasteiger partial charge in [-0.3, -0.25) is 4.79 Å². The molecule has 0 aliphatic carbocycles. The molecule has 2 rings (SSSR count). The average molecular weight is 317 g/mol. The molecule has 2 N–H and O–H groups in total. The number of aliphatic hydroxyl groups excluding tert-OH is 1. The summed E-state index contributed by atoms with van der Waals surface area (Å²) in [5.74, 6) is -0.293. The molecule has 2 aliphatic heterocycles. The second-order valence-electron chi connectivity index (χ2n) is 6.43. The molecule has 0 aromatic heterocycles. The summed E-state index contributed by atoms with van der Waals surface area (Å²) in [6.07, 6.45) is -3.30. The maximum atomic E-state index is 11.5. The van der Waals surface area contributed by atoms with Gasteiger partial charge < -0.3 is 29.4 Å². The lowest BCUT2D eigenvalue weighted by Crippen LogP contribution is -2.63.